The van der Waals surface area contributed by atoms with E-state index in [1.54, 1.807) is 6.33 Å². The Morgan fingerprint density at radius 2 is 2.18 bits per heavy atom. The highest BCUT2D eigenvalue weighted by Crippen LogP contribution is 2.26. The highest BCUT2D eigenvalue weighted by molar-refractivity contribution is 9.10. The van der Waals surface area contributed by atoms with Crippen LogP contribution in [-0.2, 0) is 0 Å². The predicted octanol–water partition coefficient (Wildman–Crippen LogP) is 3.11. The van der Waals surface area contributed by atoms with E-state index in [0.29, 0.717) is 11.6 Å². The summed E-state index contributed by atoms with van der Waals surface area (Å²) in [6.45, 7) is 3.81. The van der Waals surface area contributed by atoms with Crippen LogP contribution >= 0.6 is 15.9 Å². The summed E-state index contributed by atoms with van der Waals surface area (Å²) in [7, 11) is 0. The molecule has 22 heavy (non-hydrogen) atoms. The van der Waals surface area contributed by atoms with Gasteiger partial charge >= 0.3 is 0 Å². The van der Waals surface area contributed by atoms with E-state index in [2.05, 4.69) is 48.3 Å². The quantitative estimate of drug-likeness (QED) is 0.913. The molecule has 1 aliphatic rings. The largest absolute Gasteiger partial charge is 0.369 e. The maximum atomic E-state index is 9.09. The molecule has 3 rings (SSSR count). The second-order valence-corrected chi connectivity index (χ2v) is 6.35. The first-order valence-corrected chi connectivity index (χ1v) is 7.94. The zero-order chi connectivity index (χ0) is 15.5. The van der Waals surface area contributed by atoms with Crippen LogP contribution < -0.4 is 10.2 Å². The number of benzene rings is 1. The van der Waals surface area contributed by atoms with Crippen molar-refractivity contribution in [2.45, 2.75) is 19.4 Å². The minimum Gasteiger partial charge on any atom is -0.369 e. The first kappa shape index (κ1) is 14.8. The first-order chi connectivity index (χ1) is 10.6. The number of halogens is 1. The van der Waals surface area contributed by atoms with Gasteiger partial charge in [0.25, 0.3) is 0 Å². The Hall–Kier alpha value is -2.13. The van der Waals surface area contributed by atoms with Crippen molar-refractivity contribution in [3.8, 4) is 6.07 Å². The molecule has 1 fully saturated rings. The number of rotatable bonds is 3. The number of hydrogen-bond acceptors (Lipinski definition) is 5. The summed E-state index contributed by atoms with van der Waals surface area (Å²) in [5, 5.41) is 12.5. The van der Waals surface area contributed by atoms with Crippen molar-refractivity contribution in [3.63, 3.8) is 0 Å². The summed E-state index contributed by atoms with van der Waals surface area (Å²) in [5.41, 5.74) is 2.71. The number of nitriles is 1. The summed E-state index contributed by atoms with van der Waals surface area (Å²) >= 11 is 3.47. The molecule has 1 aromatic heterocycles. The van der Waals surface area contributed by atoms with Crippen molar-refractivity contribution in [3.05, 3.63) is 46.3 Å². The van der Waals surface area contributed by atoms with Gasteiger partial charge in [-0.2, -0.15) is 5.26 Å². The summed E-state index contributed by atoms with van der Waals surface area (Å²) in [6, 6.07) is 10.3. The van der Waals surface area contributed by atoms with Gasteiger partial charge in [0.15, 0.2) is 0 Å². The lowest BCUT2D eigenvalue weighted by atomic mass is 10.2. The minimum atomic E-state index is 0.346. The van der Waals surface area contributed by atoms with Gasteiger partial charge in [0.1, 0.15) is 12.1 Å². The average Bonchev–Trinajstić information content (AvgIpc) is 2.95. The van der Waals surface area contributed by atoms with E-state index in [1.807, 2.05) is 25.1 Å². The highest BCUT2D eigenvalue weighted by Gasteiger charge is 2.23. The molecular weight excluding hydrogens is 342 g/mol. The van der Waals surface area contributed by atoms with Gasteiger partial charge in [0.05, 0.1) is 11.6 Å². The Balaban J connectivity index is 1.70. The first-order valence-electron chi connectivity index (χ1n) is 7.15. The van der Waals surface area contributed by atoms with Gasteiger partial charge in [0.2, 0.25) is 0 Å². The topological polar surface area (TPSA) is 64.8 Å². The van der Waals surface area contributed by atoms with Crippen LogP contribution in [0.15, 0.2) is 35.1 Å². The molecule has 2 aromatic rings. The van der Waals surface area contributed by atoms with Crippen LogP contribution in [-0.4, -0.2) is 29.1 Å². The van der Waals surface area contributed by atoms with E-state index >= 15 is 0 Å². The van der Waals surface area contributed by atoms with Crippen LogP contribution in [0.25, 0.3) is 0 Å². The molecule has 2 heterocycles. The van der Waals surface area contributed by atoms with E-state index in [0.717, 1.165) is 41.2 Å². The molecule has 1 N–H and O–H groups in total. The fourth-order valence-corrected chi connectivity index (χ4v) is 3.16. The van der Waals surface area contributed by atoms with Crippen molar-refractivity contribution >= 4 is 27.4 Å². The van der Waals surface area contributed by atoms with Crippen LogP contribution in [0.4, 0.5) is 11.5 Å². The molecule has 0 saturated carbocycles. The number of nitrogens with one attached hydrogen (secondary N) is 1. The van der Waals surface area contributed by atoms with Crippen molar-refractivity contribution < 1.29 is 0 Å². The monoisotopic (exact) mass is 357 g/mol. The molecule has 0 spiro atoms. The van der Waals surface area contributed by atoms with Crippen LogP contribution in [0.5, 0.6) is 0 Å². The predicted molar refractivity (Wildman–Crippen MR) is 89.9 cm³/mol. The van der Waals surface area contributed by atoms with Gasteiger partial charge in [-0.1, -0.05) is 15.9 Å². The fourth-order valence-electron chi connectivity index (χ4n) is 2.68. The van der Waals surface area contributed by atoms with Crippen molar-refractivity contribution in [1.82, 2.24) is 9.97 Å². The Labute approximate surface area is 138 Å². The molecular formula is C16H16BrN5. The second kappa shape index (κ2) is 6.32. The molecule has 0 radical (unpaired) electrons. The lowest BCUT2D eigenvalue weighted by Crippen LogP contribution is -2.26. The zero-order valence-electron chi connectivity index (χ0n) is 12.3. The SMILES string of the molecule is Cc1cc(NC2CCN(c3cc(Br)cc(C#N)c3)C2)ncn1. The van der Waals surface area contributed by atoms with Crippen LogP contribution in [0.1, 0.15) is 17.7 Å². The molecule has 0 amide bonds. The Kier molecular flexibility index (Phi) is 4.25. The zero-order valence-corrected chi connectivity index (χ0v) is 13.8. The molecule has 1 saturated heterocycles. The van der Waals surface area contributed by atoms with Gasteiger partial charge in [0, 0.05) is 41.1 Å². The minimum absolute atomic E-state index is 0.346. The molecule has 1 aliphatic heterocycles. The van der Waals surface area contributed by atoms with Gasteiger partial charge in [-0.3, -0.25) is 0 Å². The van der Waals surface area contributed by atoms with E-state index in [9.17, 15) is 0 Å². The van der Waals surface area contributed by atoms with Gasteiger partial charge < -0.3 is 10.2 Å². The third kappa shape index (κ3) is 3.37. The molecule has 5 nitrogen and oxygen atoms in total. The lowest BCUT2D eigenvalue weighted by Gasteiger charge is -2.20. The lowest BCUT2D eigenvalue weighted by molar-refractivity contribution is 0.798. The Bertz CT molecular complexity index is 725. The molecule has 6 heteroatoms. The van der Waals surface area contributed by atoms with Crippen LogP contribution in [0.3, 0.4) is 0 Å². The number of hydrogen-bond donors (Lipinski definition) is 1. The summed E-state index contributed by atoms with van der Waals surface area (Å²) < 4.78 is 0.935. The molecule has 1 unspecified atom stereocenters. The molecule has 0 bridgehead atoms. The van der Waals surface area contributed by atoms with Gasteiger partial charge in [-0.25, -0.2) is 9.97 Å². The Morgan fingerprint density at radius 1 is 1.32 bits per heavy atom. The number of anilines is 2. The standard InChI is InChI=1S/C16H16BrN5/c1-11-4-16(20-10-19-11)21-14-2-3-22(9-14)15-6-12(8-18)5-13(17)7-15/h4-7,10,14H,2-3,9H2,1H3,(H,19,20,21). The molecule has 1 atom stereocenters. The molecule has 112 valence electrons. The fraction of sp³-hybridized carbons (Fsp3) is 0.312. The van der Waals surface area contributed by atoms with Gasteiger partial charge in [-0.15, -0.1) is 0 Å². The average molecular weight is 358 g/mol. The molecule has 1 aromatic carbocycles. The highest BCUT2D eigenvalue weighted by atomic mass is 79.9. The number of aromatic nitrogens is 2. The van der Waals surface area contributed by atoms with Crippen molar-refractivity contribution in [1.29, 1.82) is 5.26 Å². The van der Waals surface area contributed by atoms with Gasteiger partial charge in [-0.05, 0) is 31.5 Å². The van der Waals surface area contributed by atoms with Crippen molar-refractivity contribution in [2.24, 2.45) is 0 Å². The smallest absolute Gasteiger partial charge is 0.129 e. The van der Waals surface area contributed by atoms with Crippen molar-refractivity contribution in [2.75, 3.05) is 23.3 Å². The van der Waals surface area contributed by atoms with Crippen LogP contribution in [0, 0.1) is 18.3 Å². The van der Waals surface area contributed by atoms with E-state index < -0.39 is 0 Å². The van der Waals surface area contributed by atoms with E-state index in [1.165, 1.54) is 0 Å². The van der Waals surface area contributed by atoms with E-state index in [4.69, 9.17) is 5.26 Å². The third-order valence-electron chi connectivity index (χ3n) is 3.72. The second-order valence-electron chi connectivity index (χ2n) is 5.43. The maximum Gasteiger partial charge on any atom is 0.129 e. The summed E-state index contributed by atoms with van der Waals surface area (Å²) in [6.07, 6.45) is 2.62. The van der Waals surface area contributed by atoms with E-state index in [-0.39, 0.29) is 0 Å². The van der Waals surface area contributed by atoms with Crippen LogP contribution in [0.2, 0.25) is 0 Å². The number of aryl methyl sites for hydroxylation is 1. The summed E-state index contributed by atoms with van der Waals surface area (Å²) in [4.78, 5) is 10.6. The number of nitrogens with zero attached hydrogens (tertiary/aromatic N) is 4. The third-order valence-corrected chi connectivity index (χ3v) is 4.18. The Morgan fingerprint density at radius 3 is 2.95 bits per heavy atom. The summed E-state index contributed by atoms with van der Waals surface area (Å²) in [5.74, 6) is 0.867. The normalized spacial score (nSPS) is 17.3. The molecule has 0 aliphatic carbocycles. The maximum absolute atomic E-state index is 9.09.